The Morgan fingerprint density at radius 2 is 2.11 bits per heavy atom. The van der Waals surface area contributed by atoms with Gasteiger partial charge in [-0.2, -0.15) is 0 Å². The number of halogens is 2. The summed E-state index contributed by atoms with van der Waals surface area (Å²) in [7, 11) is 1.83. The summed E-state index contributed by atoms with van der Waals surface area (Å²) in [5, 5.41) is 6.82. The molecule has 0 saturated carbocycles. The minimum atomic E-state index is 0.577. The van der Waals surface area contributed by atoms with Crippen LogP contribution in [0.5, 0.6) is 0 Å². The van der Waals surface area contributed by atoms with Gasteiger partial charge in [-0.1, -0.05) is 35.4 Å². The minimum Gasteiger partial charge on any atom is -0.388 e. The topological polar surface area (TPSA) is 52.7 Å². The summed E-state index contributed by atoms with van der Waals surface area (Å²) in [5.74, 6) is 0.681. The van der Waals surface area contributed by atoms with Crippen LogP contribution < -0.4 is 10.6 Å². The number of imidazole rings is 1. The maximum atomic E-state index is 5.72. The molecule has 0 bridgehead atoms. The summed E-state index contributed by atoms with van der Waals surface area (Å²) in [6, 6.07) is 5.41. The third kappa shape index (κ3) is 4.91. The van der Waals surface area contributed by atoms with Crippen LogP contribution in [0.1, 0.15) is 0 Å². The van der Waals surface area contributed by atoms with Crippen LogP contribution in [0, 0.1) is 0 Å². The van der Waals surface area contributed by atoms with Gasteiger partial charge < -0.3 is 15.6 Å². The number of nitrogens with one attached hydrogen (secondary N) is 3. The van der Waals surface area contributed by atoms with Crippen LogP contribution in [0.4, 0.5) is 11.6 Å². The molecule has 0 aliphatic carbocycles. The van der Waals surface area contributed by atoms with Gasteiger partial charge in [-0.25, -0.2) is 4.98 Å². The van der Waals surface area contributed by atoms with Gasteiger partial charge in [0.2, 0.25) is 5.95 Å². The van der Waals surface area contributed by atoms with E-state index in [-0.39, 0.29) is 0 Å². The van der Waals surface area contributed by atoms with Crippen molar-refractivity contribution in [3.63, 3.8) is 0 Å². The molecule has 1 aromatic carbocycles. The van der Waals surface area contributed by atoms with E-state index in [4.69, 9.17) is 23.2 Å². The molecule has 2 aromatic rings. The summed E-state index contributed by atoms with van der Waals surface area (Å²) in [5.41, 5.74) is 2.37. The third-order valence-corrected chi connectivity index (χ3v) is 2.76. The minimum absolute atomic E-state index is 0.577. The SMILES string of the molecule is CNc1ccc(Cl)c(Cl)c1.S=CNc1ncc[nH]1. The standard InChI is InChI=1S/C7H7Cl2N.C4H5N3S/c1-10-5-2-3-6(8)7(9)4-5;8-3-7-4-5-1-2-6-4/h2-4,10H,1H3;1-3H,(H2,5,6,7,8). The zero-order valence-corrected chi connectivity index (χ0v) is 11.9. The number of rotatable bonds is 3. The van der Waals surface area contributed by atoms with E-state index < -0.39 is 0 Å². The number of benzene rings is 1. The van der Waals surface area contributed by atoms with Gasteiger partial charge in [-0.15, -0.1) is 0 Å². The summed E-state index contributed by atoms with van der Waals surface area (Å²) in [6.45, 7) is 0. The molecule has 18 heavy (non-hydrogen) atoms. The van der Waals surface area contributed by atoms with Gasteiger partial charge in [-0.05, 0) is 18.2 Å². The Balaban J connectivity index is 0.000000184. The van der Waals surface area contributed by atoms with E-state index in [2.05, 4.69) is 32.8 Å². The fourth-order valence-corrected chi connectivity index (χ4v) is 1.46. The Bertz CT molecular complexity index is 488. The highest BCUT2D eigenvalue weighted by molar-refractivity contribution is 7.79. The Morgan fingerprint density at radius 1 is 1.33 bits per heavy atom. The molecule has 0 aliphatic heterocycles. The molecule has 0 spiro atoms. The molecule has 0 saturated heterocycles. The molecule has 2 rings (SSSR count). The molecule has 0 radical (unpaired) electrons. The largest absolute Gasteiger partial charge is 0.388 e. The Hall–Kier alpha value is -1.30. The number of thiocarbonyl (C=S) groups is 1. The fraction of sp³-hybridized carbons (Fsp3) is 0.0909. The predicted octanol–water partition coefficient (Wildman–Crippen LogP) is 3.81. The van der Waals surface area contributed by atoms with E-state index in [1.807, 2.05) is 13.1 Å². The van der Waals surface area contributed by atoms with Crippen molar-refractivity contribution >= 4 is 52.5 Å². The first-order chi connectivity index (χ1) is 8.67. The summed E-state index contributed by atoms with van der Waals surface area (Å²) >= 11 is 15.9. The van der Waals surface area contributed by atoms with Gasteiger partial charge >= 0.3 is 0 Å². The molecule has 3 N–H and O–H groups in total. The quantitative estimate of drug-likeness (QED) is 0.755. The number of anilines is 2. The van der Waals surface area contributed by atoms with Crippen molar-refractivity contribution < 1.29 is 0 Å². The number of hydrogen-bond donors (Lipinski definition) is 3. The van der Waals surface area contributed by atoms with Crippen LogP contribution in [0.2, 0.25) is 10.0 Å². The summed E-state index contributed by atoms with van der Waals surface area (Å²) in [6.07, 6.45) is 3.38. The van der Waals surface area contributed by atoms with Gasteiger partial charge in [-0.3, -0.25) is 0 Å². The Morgan fingerprint density at radius 3 is 2.61 bits per heavy atom. The highest BCUT2D eigenvalue weighted by Crippen LogP contribution is 2.24. The molecule has 1 heterocycles. The van der Waals surface area contributed by atoms with Crippen molar-refractivity contribution in [2.24, 2.45) is 0 Å². The van der Waals surface area contributed by atoms with Crippen LogP contribution in [-0.2, 0) is 0 Å². The highest BCUT2D eigenvalue weighted by atomic mass is 35.5. The number of H-pyrrole nitrogens is 1. The number of hydrogen-bond acceptors (Lipinski definition) is 3. The van der Waals surface area contributed by atoms with E-state index in [9.17, 15) is 0 Å². The van der Waals surface area contributed by atoms with Gasteiger partial charge in [0.25, 0.3) is 0 Å². The van der Waals surface area contributed by atoms with E-state index in [0.717, 1.165) is 5.69 Å². The number of nitrogens with zero attached hydrogens (tertiary/aromatic N) is 1. The smallest absolute Gasteiger partial charge is 0.204 e. The molecule has 0 unspecified atom stereocenters. The lowest BCUT2D eigenvalue weighted by Crippen LogP contribution is -1.92. The van der Waals surface area contributed by atoms with Crippen molar-refractivity contribution in [3.05, 3.63) is 40.6 Å². The summed E-state index contributed by atoms with van der Waals surface area (Å²) in [4.78, 5) is 6.66. The van der Waals surface area contributed by atoms with Crippen LogP contribution in [0.3, 0.4) is 0 Å². The van der Waals surface area contributed by atoms with Crippen LogP contribution in [0.25, 0.3) is 0 Å². The monoisotopic (exact) mass is 302 g/mol. The number of aromatic nitrogens is 2. The Labute approximate surface area is 121 Å². The molecule has 0 fully saturated rings. The lowest BCUT2D eigenvalue weighted by Gasteiger charge is -2.00. The maximum absolute atomic E-state index is 5.72. The molecule has 0 aliphatic rings. The first kappa shape index (κ1) is 14.8. The first-order valence-corrected chi connectivity index (χ1v) is 6.22. The van der Waals surface area contributed by atoms with E-state index in [1.165, 1.54) is 5.49 Å². The highest BCUT2D eigenvalue weighted by Gasteiger charge is 1.95. The van der Waals surface area contributed by atoms with E-state index in [1.54, 1.807) is 24.5 Å². The molecule has 96 valence electrons. The normalized spacial score (nSPS) is 9.06. The average molecular weight is 303 g/mol. The van der Waals surface area contributed by atoms with Crippen LogP contribution in [0.15, 0.2) is 30.6 Å². The molecule has 7 heteroatoms. The zero-order chi connectivity index (χ0) is 13.4. The molecule has 4 nitrogen and oxygen atoms in total. The second-order valence-electron chi connectivity index (χ2n) is 3.08. The maximum Gasteiger partial charge on any atom is 0.204 e. The van der Waals surface area contributed by atoms with E-state index in [0.29, 0.717) is 16.0 Å². The predicted molar refractivity (Wildman–Crippen MR) is 81.9 cm³/mol. The van der Waals surface area contributed by atoms with Crippen molar-refractivity contribution in [1.82, 2.24) is 9.97 Å². The molecular formula is C11H12Cl2N4S. The van der Waals surface area contributed by atoms with Crippen molar-refractivity contribution in [1.29, 1.82) is 0 Å². The van der Waals surface area contributed by atoms with Gasteiger partial charge in [0.15, 0.2) is 0 Å². The van der Waals surface area contributed by atoms with E-state index >= 15 is 0 Å². The van der Waals surface area contributed by atoms with Gasteiger partial charge in [0.05, 0.1) is 15.5 Å². The zero-order valence-electron chi connectivity index (χ0n) is 9.58. The summed E-state index contributed by atoms with van der Waals surface area (Å²) < 4.78 is 0. The van der Waals surface area contributed by atoms with Gasteiger partial charge in [0, 0.05) is 25.1 Å². The Kier molecular flexibility index (Phi) is 6.49. The molecule has 1 aromatic heterocycles. The van der Waals surface area contributed by atoms with Gasteiger partial charge in [0.1, 0.15) is 0 Å². The average Bonchev–Trinajstić information content (AvgIpc) is 2.87. The molecular weight excluding hydrogens is 291 g/mol. The second-order valence-corrected chi connectivity index (χ2v) is 4.13. The molecule has 0 amide bonds. The molecule has 0 atom stereocenters. The van der Waals surface area contributed by atoms with Crippen molar-refractivity contribution in [2.45, 2.75) is 0 Å². The van der Waals surface area contributed by atoms with Crippen LogP contribution in [-0.4, -0.2) is 22.5 Å². The van der Waals surface area contributed by atoms with Crippen molar-refractivity contribution in [2.75, 3.05) is 17.7 Å². The third-order valence-electron chi connectivity index (χ3n) is 1.90. The number of aromatic amines is 1. The lowest BCUT2D eigenvalue weighted by molar-refractivity contribution is 1.32. The van der Waals surface area contributed by atoms with Crippen LogP contribution >= 0.6 is 35.4 Å². The lowest BCUT2D eigenvalue weighted by atomic mass is 10.3. The fourth-order valence-electron chi connectivity index (χ4n) is 1.05. The first-order valence-electron chi connectivity index (χ1n) is 4.99. The second kappa shape index (κ2) is 7.92. The van der Waals surface area contributed by atoms with Crippen molar-refractivity contribution in [3.8, 4) is 0 Å².